The molecule has 108 valence electrons. The fourth-order valence-electron chi connectivity index (χ4n) is 2.03. The Balaban J connectivity index is 1.98. The van der Waals surface area contributed by atoms with Gasteiger partial charge in [0.1, 0.15) is 6.04 Å². The van der Waals surface area contributed by atoms with Gasteiger partial charge in [0.25, 0.3) is 0 Å². The van der Waals surface area contributed by atoms with Crippen LogP contribution in [0.2, 0.25) is 0 Å². The molecule has 0 aromatic carbocycles. The van der Waals surface area contributed by atoms with Gasteiger partial charge in [0.05, 0.1) is 30.2 Å². The van der Waals surface area contributed by atoms with E-state index in [4.69, 9.17) is 10.8 Å². The molecule has 0 bridgehead atoms. The number of hydrogen-bond acceptors (Lipinski definition) is 5. The molecule has 1 aromatic heterocycles. The number of hydrogen-bond donors (Lipinski definition) is 5. The van der Waals surface area contributed by atoms with Crippen LogP contribution in [0.15, 0.2) is 6.33 Å². The average molecular weight is 281 g/mol. The standard InChI is InChI=1S/C11H15N5O4/c12-9(17)2-7(11(19)20)16-10(18)6-1-5-8(3-13-6)15-4-14-5/h4,6-7,13H,1-3H2,(H2,12,17)(H,14,15)(H,16,18)(H,19,20)/t6-,7-/m0/s1. The van der Waals surface area contributed by atoms with Gasteiger partial charge < -0.3 is 21.1 Å². The number of carbonyl (C=O) groups excluding carboxylic acids is 2. The van der Waals surface area contributed by atoms with Gasteiger partial charge in [-0.15, -0.1) is 0 Å². The van der Waals surface area contributed by atoms with Crippen molar-refractivity contribution in [1.82, 2.24) is 20.6 Å². The van der Waals surface area contributed by atoms with Gasteiger partial charge in [-0.2, -0.15) is 0 Å². The maximum atomic E-state index is 12.0. The largest absolute Gasteiger partial charge is 0.480 e. The number of nitrogens with zero attached hydrogens (tertiary/aromatic N) is 1. The first-order chi connectivity index (χ1) is 9.47. The van der Waals surface area contributed by atoms with E-state index in [1.165, 1.54) is 0 Å². The first kappa shape index (κ1) is 14.0. The summed E-state index contributed by atoms with van der Waals surface area (Å²) in [6.45, 7) is 0.445. The summed E-state index contributed by atoms with van der Waals surface area (Å²) in [4.78, 5) is 40.8. The number of carboxylic acids is 1. The molecule has 0 aliphatic carbocycles. The Bertz CT molecular complexity index is 541. The van der Waals surface area contributed by atoms with Crippen LogP contribution in [0.5, 0.6) is 0 Å². The Labute approximate surface area is 113 Å². The SMILES string of the molecule is NC(=O)C[C@H](NC(=O)[C@@H]1Cc2nc[nH]c2CN1)C(=O)O. The van der Waals surface area contributed by atoms with Crippen LogP contribution in [0.25, 0.3) is 0 Å². The molecule has 2 heterocycles. The van der Waals surface area contributed by atoms with Crippen LogP contribution < -0.4 is 16.4 Å². The second-order valence-electron chi connectivity index (χ2n) is 4.54. The van der Waals surface area contributed by atoms with E-state index in [1.54, 1.807) is 6.33 Å². The van der Waals surface area contributed by atoms with Crippen LogP contribution in [0.4, 0.5) is 0 Å². The van der Waals surface area contributed by atoms with Gasteiger partial charge in [-0.3, -0.25) is 14.9 Å². The molecule has 0 saturated carbocycles. The number of amides is 2. The minimum atomic E-state index is -1.32. The molecule has 1 aliphatic rings. The van der Waals surface area contributed by atoms with E-state index in [9.17, 15) is 14.4 Å². The highest BCUT2D eigenvalue weighted by molar-refractivity contribution is 5.90. The lowest BCUT2D eigenvalue weighted by molar-refractivity contribution is -0.143. The van der Waals surface area contributed by atoms with E-state index >= 15 is 0 Å². The molecular weight excluding hydrogens is 266 g/mol. The number of carbonyl (C=O) groups is 3. The molecule has 2 rings (SSSR count). The van der Waals surface area contributed by atoms with Crippen molar-refractivity contribution in [2.75, 3.05) is 0 Å². The third-order valence-electron chi connectivity index (χ3n) is 3.07. The normalized spacial score (nSPS) is 18.9. The van der Waals surface area contributed by atoms with Crippen LogP contribution in [0.1, 0.15) is 17.8 Å². The molecule has 9 heteroatoms. The highest BCUT2D eigenvalue weighted by Gasteiger charge is 2.29. The number of primary amides is 1. The highest BCUT2D eigenvalue weighted by atomic mass is 16.4. The van der Waals surface area contributed by atoms with Gasteiger partial charge in [0.2, 0.25) is 11.8 Å². The van der Waals surface area contributed by atoms with Gasteiger partial charge in [0.15, 0.2) is 0 Å². The number of nitrogens with one attached hydrogen (secondary N) is 3. The summed E-state index contributed by atoms with van der Waals surface area (Å²) in [6, 6.07) is -1.90. The number of H-pyrrole nitrogens is 1. The van der Waals surface area contributed by atoms with Crippen molar-refractivity contribution in [2.45, 2.75) is 31.5 Å². The zero-order chi connectivity index (χ0) is 14.7. The van der Waals surface area contributed by atoms with E-state index < -0.39 is 36.3 Å². The van der Waals surface area contributed by atoms with Gasteiger partial charge in [-0.05, 0) is 0 Å². The highest BCUT2D eigenvalue weighted by Crippen LogP contribution is 2.12. The van der Waals surface area contributed by atoms with E-state index in [1.807, 2.05) is 0 Å². The Morgan fingerprint density at radius 1 is 1.55 bits per heavy atom. The molecule has 1 aliphatic heterocycles. The Hall–Kier alpha value is -2.42. The lowest BCUT2D eigenvalue weighted by Crippen LogP contribution is -2.53. The van der Waals surface area contributed by atoms with Crippen molar-refractivity contribution in [2.24, 2.45) is 5.73 Å². The summed E-state index contributed by atoms with van der Waals surface area (Å²) >= 11 is 0. The number of aliphatic carboxylic acids is 1. The van der Waals surface area contributed by atoms with E-state index in [-0.39, 0.29) is 0 Å². The molecule has 0 saturated heterocycles. The summed E-state index contributed by atoms with van der Waals surface area (Å²) < 4.78 is 0. The number of fused-ring (bicyclic) bond motifs is 1. The lowest BCUT2D eigenvalue weighted by atomic mass is 10.0. The average Bonchev–Trinajstić information content (AvgIpc) is 2.84. The molecule has 0 radical (unpaired) electrons. The van der Waals surface area contributed by atoms with Crippen LogP contribution in [0.3, 0.4) is 0 Å². The summed E-state index contributed by atoms with van der Waals surface area (Å²) in [6.07, 6.45) is 1.45. The third kappa shape index (κ3) is 3.12. The molecule has 0 spiro atoms. The molecule has 2 amide bonds. The summed E-state index contributed by atoms with van der Waals surface area (Å²) in [5.41, 5.74) is 6.62. The molecule has 0 fully saturated rings. The minimum absolute atomic E-state index is 0.355. The minimum Gasteiger partial charge on any atom is -0.480 e. The van der Waals surface area contributed by atoms with E-state index in [0.717, 1.165) is 11.4 Å². The topological polar surface area (TPSA) is 150 Å². The van der Waals surface area contributed by atoms with E-state index in [0.29, 0.717) is 13.0 Å². The molecule has 6 N–H and O–H groups in total. The Morgan fingerprint density at radius 3 is 2.95 bits per heavy atom. The molecule has 1 aromatic rings. The van der Waals surface area contributed by atoms with Gasteiger partial charge in [-0.25, -0.2) is 9.78 Å². The van der Waals surface area contributed by atoms with Crippen molar-refractivity contribution in [3.8, 4) is 0 Å². The van der Waals surface area contributed by atoms with Crippen molar-refractivity contribution in [1.29, 1.82) is 0 Å². The number of carboxylic acid groups (broad SMARTS) is 1. The number of aromatic nitrogens is 2. The second-order valence-corrected chi connectivity index (χ2v) is 4.54. The quantitative estimate of drug-likeness (QED) is 0.416. The predicted octanol–water partition coefficient (Wildman–Crippen LogP) is -2.13. The molecule has 9 nitrogen and oxygen atoms in total. The smallest absolute Gasteiger partial charge is 0.326 e. The zero-order valence-electron chi connectivity index (χ0n) is 10.5. The van der Waals surface area contributed by atoms with Crippen molar-refractivity contribution in [3.05, 3.63) is 17.7 Å². The van der Waals surface area contributed by atoms with Crippen molar-refractivity contribution >= 4 is 17.8 Å². The number of rotatable bonds is 5. The number of nitrogens with two attached hydrogens (primary N) is 1. The first-order valence-corrected chi connectivity index (χ1v) is 6.03. The van der Waals surface area contributed by atoms with E-state index in [2.05, 4.69) is 20.6 Å². The van der Waals surface area contributed by atoms with Crippen LogP contribution >= 0.6 is 0 Å². The predicted molar refractivity (Wildman–Crippen MR) is 66.3 cm³/mol. The van der Waals surface area contributed by atoms with Crippen LogP contribution in [-0.4, -0.2) is 44.9 Å². The Morgan fingerprint density at radius 2 is 2.30 bits per heavy atom. The number of aromatic amines is 1. The van der Waals surface area contributed by atoms with Crippen molar-refractivity contribution < 1.29 is 19.5 Å². The van der Waals surface area contributed by atoms with Gasteiger partial charge in [-0.1, -0.05) is 0 Å². The number of imidazole rings is 1. The molecule has 2 atom stereocenters. The van der Waals surface area contributed by atoms with Gasteiger partial charge >= 0.3 is 5.97 Å². The van der Waals surface area contributed by atoms with Gasteiger partial charge in [0, 0.05) is 13.0 Å². The lowest BCUT2D eigenvalue weighted by Gasteiger charge is -2.23. The molecular formula is C11H15N5O4. The van der Waals surface area contributed by atoms with Crippen LogP contribution in [0, 0.1) is 0 Å². The summed E-state index contributed by atoms with van der Waals surface area (Å²) in [5.74, 6) is -2.58. The van der Waals surface area contributed by atoms with Crippen molar-refractivity contribution in [3.63, 3.8) is 0 Å². The fourth-order valence-corrected chi connectivity index (χ4v) is 2.03. The first-order valence-electron chi connectivity index (χ1n) is 6.03. The summed E-state index contributed by atoms with van der Waals surface area (Å²) in [5, 5.41) is 14.2. The second kappa shape index (κ2) is 5.70. The maximum Gasteiger partial charge on any atom is 0.326 e. The third-order valence-corrected chi connectivity index (χ3v) is 3.07. The maximum absolute atomic E-state index is 12.0. The summed E-state index contributed by atoms with van der Waals surface area (Å²) in [7, 11) is 0. The molecule has 20 heavy (non-hydrogen) atoms. The monoisotopic (exact) mass is 281 g/mol. The zero-order valence-corrected chi connectivity index (χ0v) is 10.5. The Kier molecular flexibility index (Phi) is 3.99. The molecule has 0 unspecified atom stereocenters. The fraction of sp³-hybridized carbons (Fsp3) is 0.455. The van der Waals surface area contributed by atoms with Crippen LogP contribution in [-0.2, 0) is 27.3 Å².